The van der Waals surface area contributed by atoms with Gasteiger partial charge in [0.1, 0.15) is 0 Å². The van der Waals surface area contributed by atoms with E-state index in [1.54, 1.807) is 0 Å². The van der Waals surface area contributed by atoms with Gasteiger partial charge in [-0.05, 0) is 0 Å². The Bertz CT molecular complexity index is 116. The number of carboxylic acid groups (broad SMARTS) is 2. The van der Waals surface area contributed by atoms with Gasteiger partial charge in [0.25, 0.3) is 0 Å². The average molecular weight is 342 g/mol. The van der Waals surface area contributed by atoms with Gasteiger partial charge in [0.15, 0.2) is 0 Å². The summed E-state index contributed by atoms with van der Waals surface area (Å²) in [5.41, 5.74) is 9.02. The molecule has 0 aliphatic rings. The van der Waals surface area contributed by atoms with E-state index < -0.39 is 11.9 Å². The van der Waals surface area contributed by atoms with Crippen LogP contribution in [0.4, 0.5) is 0 Å². The van der Waals surface area contributed by atoms with Gasteiger partial charge in [0.2, 0.25) is 0 Å². The molecule has 88 valence electrons. The van der Waals surface area contributed by atoms with Crippen molar-refractivity contribution in [1.82, 2.24) is 0 Å². The van der Waals surface area contributed by atoms with Crippen LogP contribution in [-0.4, -0.2) is 25.0 Å². The van der Waals surface area contributed by atoms with Crippen LogP contribution in [0.2, 0.25) is 0 Å². The molecule has 0 aliphatic carbocycles. The summed E-state index contributed by atoms with van der Waals surface area (Å²) >= 11 is 6.78. The van der Waals surface area contributed by atoms with Crippen LogP contribution in [0.5, 0.6) is 0 Å². The van der Waals surface area contributed by atoms with Gasteiger partial charge in [0, 0.05) is 13.1 Å². The zero-order valence-electron chi connectivity index (χ0n) is 7.27. The topological polar surface area (TPSA) is 178 Å². The van der Waals surface area contributed by atoms with E-state index in [0.29, 0.717) is 0 Å². The number of rotatable bonds is 2. The van der Waals surface area contributed by atoms with Gasteiger partial charge in [-0.3, -0.25) is 0 Å². The monoisotopic (exact) mass is 340 g/mol. The minimum Gasteiger partial charge on any atom is -0.769 e. The maximum Gasteiger partial charge on any atom is 4.00 e. The zero-order chi connectivity index (χ0) is 12.6. The summed E-state index contributed by atoms with van der Waals surface area (Å²) in [6.45, 7) is -0.778. The van der Waals surface area contributed by atoms with Gasteiger partial charge in [0.05, 0.1) is 11.9 Å². The molecule has 0 fully saturated rings. The molecular weight excluding hydrogens is 334 g/mol. The minimum atomic E-state index is -1.22. The second-order valence-corrected chi connectivity index (χ2v) is 1.15. The fourth-order valence-electron chi connectivity index (χ4n) is 0. The number of aliphatic carboxylic acids is 2. The first-order valence-electron chi connectivity index (χ1n) is 2.65. The van der Waals surface area contributed by atoms with Gasteiger partial charge < -0.3 is 40.6 Å². The first kappa shape index (κ1) is 29.5. The van der Waals surface area contributed by atoms with Gasteiger partial charge in [-0.1, -0.05) is 0 Å². The standard InChI is InChI=1S/2C2H5NO2.2ClO.Zr/c2*3-1-2(4)5;2*1-2;/h2*1,3H2,(H,4,5);;;/q;;2*-1;+4/p-2. The summed E-state index contributed by atoms with van der Waals surface area (Å²) in [6, 6.07) is 0. The van der Waals surface area contributed by atoms with Crippen molar-refractivity contribution in [2.75, 3.05) is 13.1 Å². The molecule has 11 heteroatoms. The van der Waals surface area contributed by atoms with Crippen LogP contribution in [0.25, 0.3) is 0 Å². The molecule has 0 aromatic heterocycles. The Morgan fingerprint density at radius 2 is 0.933 bits per heavy atom. The number of hydrogen-bond acceptors (Lipinski definition) is 8. The van der Waals surface area contributed by atoms with Crippen molar-refractivity contribution >= 4 is 35.7 Å². The van der Waals surface area contributed by atoms with Crippen LogP contribution >= 0.6 is 23.7 Å². The predicted molar refractivity (Wildman–Crippen MR) is 39.8 cm³/mol. The molecule has 0 aliphatic heterocycles. The Hall–Kier alpha value is 0.243. The van der Waals surface area contributed by atoms with Gasteiger partial charge >= 0.3 is 26.2 Å². The molecule has 0 radical (unpaired) electrons. The molecule has 0 bridgehead atoms. The third-order valence-electron chi connectivity index (χ3n) is 0.333. The summed E-state index contributed by atoms with van der Waals surface area (Å²) in [6.07, 6.45) is 0. The Balaban J connectivity index is -0.0000000318. The number of carbonyl (C=O) groups excluding carboxylic acids is 2. The number of carbonyl (C=O) groups is 2. The zero-order valence-corrected chi connectivity index (χ0v) is 11.2. The van der Waals surface area contributed by atoms with E-state index in [1.165, 1.54) is 0 Å². The predicted octanol–water partition coefficient (Wildman–Crippen LogP) is -5.61. The SMILES string of the molecule is NCC(=O)[O-].NCC(=O)[O-].[O-]Cl.[O-]Cl.[Zr+4]. The van der Waals surface area contributed by atoms with Crippen molar-refractivity contribution in [3.05, 3.63) is 0 Å². The molecule has 0 saturated heterocycles. The van der Waals surface area contributed by atoms with E-state index in [9.17, 15) is 0 Å². The molecule has 0 saturated carbocycles. The third kappa shape index (κ3) is 119. The molecule has 0 rings (SSSR count). The number of hydrogen-bond donors (Lipinski definition) is 2. The number of carboxylic acids is 2. The molecule has 0 amide bonds. The van der Waals surface area contributed by atoms with E-state index in [2.05, 4.69) is 35.2 Å². The minimum absolute atomic E-state index is 0. The van der Waals surface area contributed by atoms with Crippen molar-refractivity contribution in [3.8, 4) is 0 Å². The Morgan fingerprint density at radius 1 is 0.867 bits per heavy atom. The molecule has 15 heavy (non-hydrogen) atoms. The Labute approximate surface area is 115 Å². The normalized spacial score (nSPS) is 5.73. The quantitative estimate of drug-likeness (QED) is 0.498. The van der Waals surface area contributed by atoms with Crippen LogP contribution in [0.1, 0.15) is 0 Å². The molecule has 4 N–H and O–H groups in total. The van der Waals surface area contributed by atoms with Crippen LogP contribution < -0.4 is 31.0 Å². The van der Waals surface area contributed by atoms with Crippen molar-refractivity contribution in [1.29, 1.82) is 0 Å². The van der Waals surface area contributed by atoms with Crippen molar-refractivity contribution in [2.45, 2.75) is 0 Å². The van der Waals surface area contributed by atoms with E-state index in [1.807, 2.05) is 0 Å². The first-order chi connectivity index (χ1) is 6.54. The Kier molecular flexibility index (Phi) is 72.2. The molecule has 0 atom stereocenters. The van der Waals surface area contributed by atoms with Crippen molar-refractivity contribution in [3.63, 3.8) is 0 Å². The van der Waals surface area contributed by atoms with E-state index in [-0.39, 0.29) is 39.3 Å². The van der Waals surface area contributed by atoms with Crippen molar-refractivity contribution in [2.24, 2.45) is 11.5 Å². The maximum atomic E-state index is 9.13. The Morgan fingerprint density at radius 3 is 0.933 bits per heavy atom. The van der Waals surface area contributed by atoms with Gasteiger partial charge in [-0.2, -0.15) is 0 Å². The second-order valence-electron chi connectivity index (χ2n) is 1.15. The maximum absolute atomic E-state index is 9.13. The van der Waals surface area contributed by atoms with Crippen LogP contribution in [-0.2, 0) is 35.8 Å². The molecule has 0 spiro atoms. The van der Waals surface area contributed by atoms with Crippen molar-refractivity contribution < 1.29 is 55.3 Å². The third-order valence-corrected chi connectivity index (χ3v) is 0.333. The molecule has 0 aromatic carbocycles. The summed E-state index contributed by atoms with van der Waals surface area (Å²) in [4.78, 5) is 18.3. The van der Waals surface area contributed by atoms with Crippen LogP contribution in [0, 0.1) is 0 Å². The fraction of sp³-hybridized carbons (Fsp3) is 0.500. The number of nitrogens with two attached hydrogens (primary N) is 2. The number of halogens is 2. The molecule has 8 nitrogen and oxygen atoms in total. The van der Waals surface area contributed by atoms with E-state index in [0.717, 1.165) is 0 Å². The molecule has 0 heterocycles. The van der Waals surface area contributed by atoms with Gasteiger partial charge in [-0.25, -0.2) is 23.7 Å². The summed E-state index contributed by atoms with van der Waals surface area (Å²) in [5, 5.41) is 18.3. The fourth-order valence-corrected chi connectivity index (χ4v) is 0. The van der Waals surface area contributed by atoms with E-state index in [4.69, 9.17) is 29.1 Å². The summed E-state index contributed by atoms with van der Waals surface area (Å²) in [5.74, 6) is -2.44. The summed E-state index contributed by atoms with van der Waals surface area (Å²) < 4.78 is 15.4. The average Bonchev–Trinajstić information content (AvgIpc) is 2.24. The molecule has 0 unspecified atom stereocenters. The molecule has 0 aromatic rings. The van der Waals surface area contributed by atoms with Crippen LogP contribution in [0.3, 0.4) is 0 Å². The largest absolute Gasteiger partial charge is 4.00 e. The van der Waals surface area contributed by atoms with Gasteiger partial charge in [-0.15, -0.1) is 0 Å². The first-order valence-corrected chi connectivity index (χ1v) is 3.27. The van der Waals surface area contributed by atoms with Crippen LogP contribution in [0.15, 0.2) is 0 Å². The smallest absolute Gasteiger partial charge is 0.769 e. The molecular formula is C4H8Cl2N2O6Zr. The second kappa shape index (κ2) is 36.8. The summed E-state index contributed by atoms with van der Waals surface area (Å²) in [7, 11) is 0. The van der Waals surface area contributed by atoms with E-state index >= 15 is 0 Å².